The van der Waals surface area contributed by atoms with Gasteiger partial charge in [0.2, 0.25) is 0 Å². The fourth-order valence-corrected chi connectivity index (χ4v) is 5.12. The van der Waals surface area contributed by atoms with Crippen LogP contribution >= 0.6 is 0 Å². The van der Waals surface area contributed by atoms with Crippen molar-refractivity contribution in [2.24, 2.45) is 4.99 Å². The van der Waals surface area contributed by atoms with Gasteiger partial charge in [0, 0.05) is 51.0 Å². The van der Waals surface area contributed by atoms with Crippen LogP contribution in [0.15, 0.2) is 23.3 Å². The Labute approximate surface area is 187 Å². The Morgan fingerprint density at radius 3 is 2.74 bits per heavy atom. The van der Waals surface area contributed by atoms with Crippen LogP contribution < -0.4 is 15.5 Å². The van der Waals surface area contributed by atoms with Gasteiger partial charge in [0.15, 0.2) is 5.96 Å². The average molecular weight is 429 g/mol. The Hall–Kier alpha value is -1.86. The van der Waals surface area contributed by atoms with Gasteiger partial charge in [0.05, 0.1) is 19.3 Å². The zero-order chi connectivity index (χ0) is 21.5. The van der Waals surface area contributed by atoms with E-state index in [2.05, 4.69) is 51.4 Å². The molecular weight excluding hydrogens is 388 g/mol. The number of hydrogen-bond acceptors (Lipinski definition) is 5. The molecule has 31 heavy (non-hydrogen) atoms. The molecule has 7 heteroatoms. The second-order valence-corrected chi connectivity index (χ2v) is 9.24. The molecule has 0 aromatic carbocycles. The van der Waals surface area contributed by atoms with Crippen LogP contribution in [-0.2, 0) is 11.3 Å². The summed E-state index contributed by atoms with van der Waals surface area (Å²) in [5, 5.41) is 7.12. The zero-order valence-electron chi connectivity index (χ0n) is 19.4. The largest absolute Gasteiger partial charge is 0.375 e. The molecule has 1 aromatic rings. The van der Waals surface area contributed by atoms with Crippen molar-refractivity contribution in [1.29, 1.82) is 0 Å². The molecule has 7 nitrogen and oxygen atoms in total. The van der Waals surface area contributed by atoms with Crippen LogP contribution in [0.1, 0.15) is 57.9 Å². The van der Waals surface area contributed by atoms with Crippen LogP contribution in [0, 0.1) is 0 Å². The number of guanidine groups is 1. The first kappa shape index (κ1) is 22.3. The van der Waals surface area contributed by atoms with Crippen molar-refractivity contribution in [2.75, 3.05) is 44.2 Å². The third-order valence-corrected chi connectivity index (χ3v) is 6.85. The van der Waals surface area contributed by atoms with Gasteiger partial charge in [0.1, 0.15) is 5.82 Å². The van der Waals surface area contributed by atoms with E-state index in [9.17, 15) is 0 Å². The number of aliphatic imine (C=N–C) groups is 1. The molecule has 0 spiro atoms. The van der Waals surface area contributed by atoms with E-state index in [-0.39, 0.29) is 6.10 Å². The topological polar surface area (TPSA) is 65.0 Å². The number of nitrogens with one attached hydrogen (secondary N) is 2. The van der Waals surface area contributed by atoms with Crippen LogP contribution in [-0.4, -0.2) is 73.4 Å². The van der Waals surface area contributed by atoms with E-state index in [0.29, 0.717) is 12.6 Å². The number of ether oxygens (including phenoxy) is 1. The zero-order valence-corrected chi connectivity index (χ0v) is 19.4. The highest BCUT2D eigenvalue weighted by Gasteiger charge is 2.27. The predicted octanol–water partition coefficient (Wildman–Crippen LogP) is 2.77. The van der Waals surface area contributed by atoms with Crippen molar-refractivity contribution in [3.05, 3.63) is 23.9 Å². The second-order valence-electron chi connectivity index (χ2n) is 9.24. The molecule has 4 rings (SSSR count). The highest BCUT2D eigenvalue weighted by molar-refractivity contribution is 5.80. The summed E-state index contributed by atoms with van der Waals surface area (Å²) < 4.78 is 5.66. The maximum absolute atomic E-state index is 5.66. The van der Waals surface area contributed by atoms with Crippen molar-refractivity contribution < 1.29 is 4.74 Å². The van der Waals surface area contributed by atoms with Gasteiger partial charge in [0.25, 0.3) is 0 Å². The monoisotopic (exact) mass is 428 g/mol. The van der Waals surface area contributed by atoms with Crippen LogP contribution in [0.4, 0.5) is 5.82 Å². The first-order chi connectivity index (χ1) is 15.2. The van der Waals surface area contributed by atoms with Crippen molar-refractivity contribution in [2.45, 2.75) is 77.1 Å². The van der Waals surface area contributed by atoms with Gasteiger partial charge in [-0.05, 0) is 57.2 Å². The second kappa shape index (κ2) is 11.1. The van der Waals surface area contributed by atoms with Crippen molar-refractivity contribution >= 4 is 11.8 Å². The Morgan fingerprint density at radius 1 is 1.19 bits per heavy atom. The van der Waals surface area contributed by atoms with E-state index >= 15 is 0 Å². The predicted molar refractivity (Wildman–Crippen MR) is 127 cm³/mol. The number of aromatic nitrogens is 1. The number of morpholine rings is 1. The van der Waals surface area contributed by atoms with E-state index < -0.39 is 0 Å². The number of nitrogens with zero attached hydrogens (tertiary/aromatic N) is 4. The molecule has 2 aliphatic heterocycles. The number of piperidine rings is 1. The molecule has 172 valence electrons. The maximum atomic E-state index is 5.66. The van der Waals surface area contributed by atoms with Gasteiger partial charge in [-0.15, -0.1) is 0 Å². The van der Waals surface area contributed by atoms with Gasteiger partial charge < -0.3 is 25.2 Å². The van der Waals surface area contributed by atoms with E-state index in [1.54, 1.807) is 0 Å². The standard InChI is InChI=1S/C24H40N6O/c1-3-25-24(28-21-9-12-29(13-10-21)22-6-4-5-7-22)27-17-20-8-11-26-23(16-20)30-14-15-31-19(2)18-30/h8,11,16,19,21-22H,3-7,9-10,12-15,17-18H2,1-2H3,(H2,25,27,28). The molecule has 2 N–H and O–H groups in total. The third kappa shape index (κ3) is 6.32. The van der Waals surface area contributed by atoms with Gasteiger partial charge >= 0.3 is 0 Å². The first-order valence-corrected chi connectivity index (χ1v) is 12.3. The van der Waals surface area contributed by atoms with E-state index in [4.69, 9.17) is 9.73 Å². The normalized spacial score (nSPS) is 24.5. The molecule has 0 bridgehead atoms. The molecule has 0 radical (unpaired) electrons. The first-order valence-electron chi connectivity index (χ1n) is 12.3. The van der Waals surface area contributed by atoms with E-state index in [0.717, 1.165) is 44.1 Å². The molecular formula is C24H40N6O. The fourth-order valence-electron chi connectivity index (χ4n) is 5.12. The van der Waals surface area contributed by atoms with Crippen LogP contribution in [0.3, 0.4) is 0 Å². The summed E-state index contributed by atoms with van der Waals surface area (Å²) >= 11 is 0. The number of hydrogen-bond donors (Lipinski definition) is 2. The SMILES string of the molecule is CCNC(=NCc1ccnc(N2CCOC(C)C2)c1)NC1CCN(C2CCCC2)CC1. The van der Waals surface area contributed by atoms with Gasteiger partial charge in [-0.25, -0.2) is 9.98 Å². The summed E-state index contributed by atoms with van der Waals surface area (Å²) in [4.78, 5) is 14.5. The quantitative estimate of drug-likeness (QED) is 0.537. The Morgan fingerprint density at radius 2 is 2.00 bits per heavy atom. The lowest BCUT2D eigenvalue weighted by Gasteiger charge is -2.36. The number of rotatable bonds is 6. The van der Waals surface area contributed by atoms with Crippen molar-refractivity contribution in [3.63, 3.8) is 0 Å². The molecule has 3 heterocycles. The Balaban J connectivity index is 1.31. The average Bonchev–Trinajstić information content (AvgIpc) is 3.33. The summed E-state index contributed by atoms with van der Waals surface area (Å²) in [5.41, 5.74) is 1.19. The number of anilines is 1. The van der Waals surface area contributed by atoms with Gasteiger partial charge in [-0.1, -0.05) is 12.8 Å². The maximum Gasteiger partial charge on any atom is 0.191 e. The molecule has 1 aromatic heterocycles. The lowest BCUT2D eigenvalue weighted by atomic mass is 10.0. The highest BCUT2D eigenvalue weighted by Crippen LogP contribution is 2.26. The third-order valence-electron chi connectivity index (χ3n) is 6.85. The Bertz CT molecular complexity index is 712. The summed E-state index contributed by atoms with van der Waals surface area (Å²) in [5.74, 6) is 1.96. The Kier molecular flexibility index (Phi) is 8.03. The van der Waals surface area contributed by atoms with Crippen LogP contribution in [0.5, 0.6) is 0 Å². The smallest absolute Gasteiger partial charge is 0.191 e. The van der Waals surface area contributed by atoms with Crippen LogP contribution in [0.2, 0.25) is 0 Å². The molecule has 1 unspecified atom stereocenters. The van der Waals surface area contributed by atoms with Crippen molar-refractivity contribution in [1.82, 2.24) is 20.5 Å². The van der Waals surface area contributed by atoms with Gasteiger partial charge in [-0.2, -0.15) is 0 Å². The van der Waals surface area contributed by atoms with Gasteiger partial charge in [-0.3, -0.25) is 0 Å². The summed E-state index contributed by atoms with van der Waals surface area (Å²) in [6, 6.07) is 5.60. The molecule has 3 fully saturated rings. The van der Waals surface area contributed by atoms with E-state index in [1.165, 1.54) is 57.2 Å². The minimum atomic E-state index is 0.252. The molecule has 1 atom stereocenters. The lowest BCUT2D eigenvalue weighted by molar-refractivity contribution is 0.0529. The molecule has 1 aliphatic carbocycles. The lowest BCUT2D eigenvalue weighted by Crippen LogP contribution is -2.50. The number of pyridine rings is 1. The molecule has 0 amide bonds. The number of likely N-dealkylation sites (tertiary alicyclic amines) is 1. The minimum Gasteiger partial charge on any atom is -0.375 e. The highest BCUT2D eigenvalue weighted by atomic mass is 16.5. The summed E-state index contributed by atoms with van der Waals surface area (Å²) in [7, 11) is 0. The summed E-state index contributed by atoms with van der Waals surface area (Å²) in [6.07, 6.45) is 10.2. The minimum absolute atomic E-state index is 0.252. The van der Waals surface area contributed by atoms with Crippen LogP contribution in [0.25, 0.3) is 0 Å². The fraction of sp³-hybridized carbons (Fsp3) is 0.750. The molecule has 1 saturated carbocycles. The van der Waals surface area contributed by atoms with Crippen molar-refractivity contribution in [3.8, 4) is 0 Å². The van der Waals surface area contributed by atoms with E-state index in [1.807, 2.05) is 6.20 Å². The molecule has 3 aliphatic rings. The molecule has 2 saturated heterocycles. The summed E-state index contributed by atoms with van der Waals surface area (Å²) in [6.45, 7) is 10.8.